The molecular formula is C29H43ClN2O5. The normalized spacial score (nSPS) is 49.0. The van der Waals surface area contributed by atoms with Gasteiger partial charge in [-0.25, -0.2) is 4.79 Å². The van der Waals surface area contributed by atoms with Crippen molar-refractivity contribution in [1.29, 1.82) is 0 Å². The van der Waals surface area contributed by atoms with E-state index in [4.69, 9.17) is 16.3 Å². The van der Waals surface area contributed by atoms with Gasteiger partial charge in [-0.1, -0.05) is 45.4 Å². The number of hydrogen-bond donors (Lipinski definition) is 2. The van der Waals surface area contributed by atoms with Crippen molar-refractivity contribution >= 4 is 29.4 Å². The Morgan fingerprint density at radius 3 is 2.62 bits per heavy atom. The zero-order valence-electron chi connectivity index (χ0n) is 22.7. The third-order valence-electron chi connectivity index (χ3n) is 11.7. The molecule has 0 aromatic rings. The Morgan fingerprint density at radius 2 is 1.97 bits per heavy atom. The van der Waals surface area contributed by atoms with E-state index in [2.05, 4.69) is 31.0 Å². The summed E-state index contributed by atoms with van der Waals surface area (Å²) >= 11 is 5.92. The Labute approximate surface area is 225 Å². The number of piperidine rings is 1. The van der Waals surface area contributed by atoms with Crippen molar-refractivity contribution in [2.75, 3.05) is 19.6 Å². The molecule has 7 nitrogen and oxygen atoms in total. The highest BCUT2D eigenvalue weighted by Gasteiger charge is 2.68. The van der Waals surface area contributed by atoms with Crippen molar-refractivity contribution in [2.24, 2.45) is 45.8 Å². The number of Topliss-reactive ketones (excluding diaryl/α,β-unsaturated/α-hetero) is 1. The zero-order valence-corrected chi connectivity index (χ0v) is 23.4. The summed E-state index contributed by atoms with van der Waals surface area (Å²) < 4.78 is 6.20. The minimum Gasteiger partial charge on any atom is -0.445 e. The van der Waals surface area contributed by atoms with Crippen molar-refractivity contribution in [3.8, 4) is 0 Å². The number of fused-ring (bicyclic) bond motifs is 2. The molecule has 2 N–H and O–H groups in total. The predicted octanol–water partition coefficient (Wildman–Crippen LogP) is 4.51. The molecule has 2 saturated heterocycles. The minimum atomic E-state index is -0.735. The van der Waals surface area contributed by atoms with Gasteiger partial charge in [-0.3, -0.25) is 14.9 Å². The molecule has 0 aromatic carbocycles. The number of carbonyl (C=O) groups excluding carboxylic acids is 3. The molecule has 4 bridgehead atoms. The molecule has 5 rings (SSSR count). The van der Waals surface area contributed by atoms with E-state index in [9.17, 15) is 19.5 Å². The van der Waals surface area contributed by atoms with E-state index < -0.39 is 29.1 Å². The van der Waals surface area contributed by atoms with Crippen LogP contribution >= 0.6 is 11.6 Å². The van der Waals surface area contributed by atoms with E-state index in [1.54, 1.807) is 0 Å². The second-order valence-corrected chi connectivity index (χ2v) is 13.6. The molecule has 2 aliphatic heterocycles. The lowest BCUT2D eigenvalue weighted by molar-refractivity contribution is -0.197. The van der Waals surface area contributed by atoms with E-state index in [1.807, 2.05) is 13.0 Å². The topological polar surface area (TPSA) is 95.9 Å². The number of carbonyl (C=O) groups is 3. The van der Waals surface area contributed by atoms with E-state index in [1.165, 1.54) is 5.54 Å². The molecule has 3 unspecified atom stereocenters. The fraction of sp³-hybridized carbons (Fsp3) is 0.828. The highest BCUT2D eigenvalue weighted by Crippen LogP contribution is 2.68. The number of hydrogen-bond acceptors (Lipinski definition) is 6. The summed E-state index contributed by atoms with van der Waals surface area (Å²) in [5.41, 5.74) is -0.0564. The summed E-state index contributed by atoms with van der Waals surface area (Å²) in [7, 11) is 0. The summed E-state index contributed by atoms with van der Waals surface area (Å²) in [6, 6.07) is 0. The molecule has 0 aromatic heterocycles. The van der Waals surface area contributed by atoms with Crippen LogP contribution in [0.15, 0.2) is 11.6 Å². The summed E-state index contributed by atoms with van der Waals surface area (Å²) in [6.07, 6.45) is 4.76. The van der Waals surface area contributed by atoms with Gasteiger partial charge in [0.25, 0.3) is 0 Å². The summed E-state index contributed by atoms with van der Waals surface area (Å²) in [5, 5.41) is 14.4. The van der Waals surface area contributed by atoms with Gasteiger partial charge in [-0.05, 0) is 68.2 Å². The number of alkyl carbamates (subject to hydrolysis) is 1. The smallest absolute Gasteiger partial charge is 0.414 e. The maximum Gasteiger partial charge on any atom is 0.414 e. The Balaban J connectivity index is 1.47. The van der Waals surface area contributed by atoms with Gasteiger partial charge in [0.15, 0.2) is 0 Å². The third-order valence-corrected chi connectivity index (χ3v) is 11.9. The largest absolute Gasteiger partial charge is 0.445 e. The van der Waals surface area contributed by atoms with Gasteiger partial charge in [0.1, 0.15) is 11.9 Å². The second kappa shape index (κ2) is 9.63. The monoisotopic (exact) mass is 534 g/mol. The van der Waals surface area contributed by atoms with Crippen LogP contribution in [0, 0.1) is 45.8 Å². The van der Waals surface area contributed by atoms with Gasteiger partial charge < -0.3 is 14.7 Å². The number of aliphatic hydroxyl groups is 1. The van der Waals surface area contributed by atoms with Crippen molar-refractivity contribution in [3.63, 3.8) is 0 Å². The van der Waals surface area contributed by atoms with E-state index >= 15 is 0 Å². The van der Waals surface area contributed by atoms with E-state index in [0.717, 1.165) is 38.8 Å². The van der Waals surface area contributed by atoms with Crippen molar-refractivity contribution in [2.45, 2.75) is 84.8 Å². The van der Waals surface area contributed by atoms with Gasteiger partial charge >= 0.3 is 6.09 Å². The van der Waals surface area contributed by atoms with Gasteiger partial charge in [0, 0.05) is 41.8 Å². The number of nitrogens with one attached hydrogen (secondary N) is 1. The first kappa shape index (κ1) is 27.1. The second-order valence-electron chi connectivity index (χ2n) is 13.4. The quantitative estimate of drug-likeness (QED) is 0.551. The molecule has 2 heterocycles. The van der Waals surface area contributed by atoms with Crippen molar-refractivity contribution in [3.05, 3.63) is 11.6 Å². The maximum atomic E-state index is 13.5. The van der Waals surface area contributed by atoms with Crippen LogP contribution in [0.25, 0.3) is 0 Å². The van der Waals surface area contributed by atoms with Gasteiger partial charge in [-0.2, -0.15) is 0 Å². The standard InChI is InChI=1S/C29H43ClN2O5/c1-17-6-10-29-11-7-21(33)23(29)28(17,4)22(14-27(3,9-5-12-30)24(34)18(29)2)37-26(36)31-25(35)20-16-32-13-8-19(20)15-32/h5,12,17-20,22-24,34H,6-11,13-16H2,1-4H3,(H,31,35,36)/b12-5+/t17-,18+,19+,20+,22-,23?,24+,27-,28+,29?/m1/s1. The number of halogens is 1. The minimum absolute atomic E-state index is 0.0753. The van der Waals surface area contributed by atoms with Gasteiger partial charge in [0.2, 0.25) is 5.91 Å². The Bertz CT molecular complexity index is 987. The predicted molar refractivity (Wildman–Crippen MR) is 141 cm³/mol. The number of rotatable bonds is 4. The number of nitrogens with zero attached hydrogens (tertiary/aromatic N) is 1. The number of ketones is 1. The number of amides is 2. The van der Waals surface area contributed by atoms with Crippen LogP contribution in [0.4, 0.5) is 4.79 Å². The molecule has 5 fully saturated rings. The summed E-state index contributed by atoms with van der Waals surface area (Å²) in [5.74, 6) is -0.147. The zero-order chi connectivity index (χ0) is 26.8. The molecule has 5 aliphatic rings. The first-order valence-corrected chi connectivity index (χ1v) is 14.6. The summed E-state index contributed by atoms with van der Waals surface area (Å²) in [4.78, 5) is 42.1. The van der Waals surface area contributed by atoms with Crippen LogP contribution in [-0.4, -0.2) is 59.6 Å². The molecule has 3 aliphatic carbocycles. The molecule has 0 spiro atoms. The molecule has 11 atom stereocenters. The van der Waals surface area contributed by atoms with Crippen LogP contribution in [0.2, 0.25) is 0 Å². The lowest BCUT2D eigenvalue weighted by atomic mass is 9.43. The molecule has 8 heteroatoms. The maximum absolute atomic E-state index is 13.5. The molecule has 0 radical (unpaired) electrons. The Hall–Kier alpha value is -1.44. The van der Waals surface area contributed by atoms with Crippen molar-refractivity contribution < 1.29 is 24.2 Å². The van der Waals surface area contributed by atoms with Gasteiger partial charge in [-0.15, -0.1) is 0 Å². The Morgan fingerprint density at radius 1 is 1.22 bits per heavy atom. The average molecular weight is 535 g/mol. The number of allylic oxidation sites excluding steroid dienone is 1. The first-order chi connectivity index (χ1) is 17.5. The summed E-state index contributed by atoms with van der Waals surface area (Å²) in [6.45, 7) is 11.0. The van der Waals surface area contributed by atoms with Crippen LogP contribution < -0.4 is 5.32 Å². The van der Waals surface area contributed by atoms with E-state index in [-0.39, 0.29) is 40.8 Å². The number of aliphatic hydroxyl groups excluding tert-OH is 1. The lowest BCUT2D eigenvalue weighted by Gasteiger charge is -2.62. The van der Waals surface area contributed by atoms with Crippen LogP contribution in [0.3, 0.4) is 0 Å². The lowest BCUT2D eigenvalue weighted by Crippen LogP contribution is -2.63. The van der Waals surface area contributed by atoms with E-state index in [0.29, 0.717) is 31.7 Å². The van der Waals surface area contributed by atoms with Crippen molar-refractivity contribution in [1.82, 2.24) is 10.2 Å². The SMILES string of the molecule is C[C@@H]1CCC23CCC(=O)C2[C@]1(C)[C@H](OC(=O)NC(=O)[C@H]1CN2CC[C@H]1C2)C[C@@](C)(C/C=C/Cl)[C@@H](O)[C@@H]3C. The highest BCUT2D eigenvalue weighted by atomic mass is 35.5. The molecule has 206 valence electrons. The third kappa shape index (κ3) is 4.19. The molecular weight excluding hydrogens is 492 g/mol. The molecule has 3 saturated carbocycles. The molecule has 2 amide bonds. The van der Waals surface area contributed by atoms with Gasteiger partial charge in [0.05, 0.1) is 12.0 Å². The average Bonchev–Trinajstić information content (AvgIpc) is 3.59. The highest BCUT2D eigenvalue weighted by molar-refractivity contribution is 6.25. The fourth-order valence-corrected chi connectivity index (χ4v) is 9.39. The Kier molecular flexibility index (Phi) is 7.07. The fourth-order valence-electron chi connectivity index (χ4n) is 9.30. The van der Waals surface area contributed by atoms with Crippen LogP contribution in [-0.2, 0) is 14.3 Å². The molecule has 37 heavy (non-hydrogen) atoms. The van der Waals surface area contributed by atoms with Crippen LogP contribution in [0.5, 0.6) is 0 Å². The first-order valence-electron chi connectivity index (χ1n) is 14.2. The number of imide groups is 1. The number of ether oxygens (including phenoxy) is 1. The van der Waals surface area contributed by atoms with Crippen LogP contribution in [0.1, 0.15) is 72.6 Å².